The van der Waals surface area contributed by atoms with Crippen LogP contribution in [0.15, 0.2) is 42.6 Å². The molecule has 0 radical (unpaired) electrons. The summed E-state index contributed by atoms with van der Waals surface area (Å²) in [4.78, 5) is 20.7. The Labute approximate surface area is 136 Å². The lowest BCUT2D eigenvalue weighted by Gasteiger charge is -2.24. The highest BCUT2D eigenvalue weighted by atomic mass is 19.1. The van der Waals surface area contributed by atoms with Crippen LogP contribution in [0.1, 0.15) is 21.6 Å². The molecule has 0 atom stereocenters. The van der Waals surface area contributed by atoms with Gasteiger partial charge >= 0.3 is 0 Å². The normalized spacial score (nSPS) is 10.8. The molecule has 0 unspecified atom stereocenters. The van der Waals surface area contributed by atoms with E-state index in [9.17, 15) is 9.18 Å². The number of aryl methyl sites for hydroxylation is 1. The standard InChI is InChI=1S/C18H22FN3O/c1-14-7-8-17(19)16(12-14)18(23)22(11-10-21(2)3)13-15-6-4-5-9-20-15/h4-9,12H,10-11,13H2,1-3H3. The smallest absolute Gasteiger partial charge is 0.257 e. The second kappa shape index (κ2) is 7.83. The number of rotatable bonds is 6. The molecule has 1 heterocycles. The lowest BCUT2D eigenvalue weighted by Crippen LogP contribution is -2.37. The van der Waals surface area contributed by atoms with Gasteiger partial charge in [0.15, 0.2) is 0 Å². The summed E-state index contributed by atoms with van der Waals surface area (Å²) >= 11 is 0. The zero-order valence-corrected chi connectivity index (χ0v) is 13.8. The van der Waals surface area contributed by atoms with Crippen LogP contribution in [0.5, 0.6) is 0 Å². The van der Waals surface area contributed by atoms with Crippen LogP contribution in [0.3, 0.4) is 0 Å². The summed E-state index contributed by atoms with van der Waals surface area (Å²) in [5.41, 5.74) is 1.76. The van der Waals surface area contributed by atoms with Crippen molar-refractivity contribution in [3.63, 3.8) is 0 Å². The summed E-state index contributed by atoms with van der Waals surface area (Å²) in [5, 5.41) is 0. The van der Waals surface area contributed by atoms with Gasteiger partial charge in [0.1, 0.15) is 5.82 Å². The quantitative estimate of drug-likeness (QED) is 0.822. The number of hydrogen-bond acceptors (Lipinski definition) is 3. The number of hydrogen-bond donors (Lipinski definition) is 0. The number of pyridine rings is 1. The van der Waals surface area contributed by atoms with E-state index >= 15 is 0 Å². The van der Waals surface area contributed by atoms with Crippen LogP contribution in [0.2, 0.25) is 0 Å². The topological polar surface area (TPSA) is 36.4 Å². The Bertz CT molecular complexity index is 659. The van der Waals surface area contributed by atoms with E-state index in [1.54, 1.807) is 23.2 Å². The molecule has 1 aromatic carbocycles. The fourth-order valence-electron chi connectivity index (χ4n) is 2.23. The molecular weight excluding hydrogens is 293 g/mol. The molecule has 0 aliphatic rings. The molecular formula is C18H22FN3O. The van der Waals surface area contributed by atoms with Gasteiger partial charge in [0.05, 0.1) is 17.8 Å². The third kappa shape index (κ3) is 4.86. The van der Waals surface area contributed by atoms with Gasteiger partial charge in [-0.15, -0.1) is 0 Å². The summed E-state index contributed by atoms with van der Waals surface area (Å²) in [6, 6.07) is 10.2. The van der Waals surface area contributed by atoms with Gasteiger partial charge < -0.3 is 9.80 Å². The van der Waals surface area contributed by atoms with Gasteiger partial charge in [0.2, 0.25) is 0 Å². The first-order valence-electron chi connectivity index (χ1n) is 7.57. The van der Waals surface area contributed by atoms with Gasteiger partial charge in [-0.3, -0.25) is 9.78 Å². The number of aromatic nitrogens is 1. The van der Waals surface area contributed by atoms with Gasteiger partial charge in [0, 0.05) is 19.3 Å². The van der Waals surface area contributed by atoms with E-state index in [2.05, 4.69) is 4.98 Å². The van der Waals surface area contributed by atoms with Gasteiger partial charge in [-0.05, 0) is 45.3 Å². The summed E-state index contributed by atoms with van der Waals surface area (Å²) in [6.07, 6.45) is 1.69. The summed E-state index contributed by atoms with van der Waals surface area (Å²) < 4.78 is 14.0. The minimum Gasteiger partial charge on any atom is -0.331 e. The van der Waals surface area contributed by atoms with Crippen molar-refractivity contribution in [2.75, 3.05) is 27.2 Å². The maximum Gasteiger partial charge on any atom is 0.257 e. The average Bonchev–Trinajstić information content (AvgIpc) is 2.54. The number of carbonyl (C=O) groups is 1. The monoisotopic (exact) mass is 315 g/mol. The second-order valence-corrected chi connectivity index (χ2v) is 5.83. The van der Waals surface area contributed by atoms with E-state index in [1.165, 1.54) is 6.07 Å². The average molecular weight is 315 g/mol. The maximum absolute atomic E-state index is 14.0. The first-order valence-corrected chi connectivity index (χ1v) is 7.57. The summed E-state index contributed by atoms with van der Waals surface area (Å²) in [6.45, 7) is 3.42. The van der Waals surface area contributed by atoms with Crippen molar-refractivity contribution < 1.29 is 9.18 Å². The first-order chi connectivity index (χ1) is 11.0. The van der Waals surface area contributed by atoms with Crippen LogP contribution in [-0.2, 0) is 6.54 Å². The molecule has 0 fully saturated rings. The molecule has 0 saturated heterocycles. The molecule has 0 saturated carbocycles. The summed E-state index contributed by atoms with van der Waals surface area (Å²) in [7, 11) is 3.88. The highest BCUT2D eigenvalue weighted by Crippen LogP contribution is 2.14. The van der Waals surface area contributed by atoms with Crippen molar-refractivity contribution in [1.29, 1.82) is 0 Å². The van der Waals surface area contributed by atoms with E-state index in [4.69, 9.17) is 0 Å². The van der Waals surface area contributed by atoms with E-state index in [-0.39, 0.29) is 11.5 Å². The second-order valence-electron chi connectivity index (χ2n) is 5.83. The van der Waals surface area contributed by atoms with Crippen LogP contribution in [0.25, 0.3) is 0 Å². The predicted octanol–water partition coefficient (Wildman–Crippen LogP) is 2.73. The van der Waals surface area contributed by atoms with E-state index in [0.717, 1.165) is 11.3 Å². The lowest BCUT2D eigenvalue weighted by atomic mass is 10.1. The Morgan fingerprint density at radius 1 is 1.17 bits per heavy atom. The Hall–Kier alpha value is -2.27. The Balaban J connectivity index is 2.24. The zero-order valence-electron chi connectivity index (χ0n) is 13.8. The Morgan fingerprint density at radius 2 is 1.96 bits per heavy atom. The van der Waals surface area contributed by atoms with Crippen LogP contribution in [-0.4, -0.2) is 47.9 Å². The van der Waals surface area contributed by atoms with Crippen molar-refractivity contribution in [1.82, 2.24) is 14.8 Å². The van der Waals surface area contributed by atoms with E-state index < -0.39 is 5.82 Å². The van der Waals surface area contributed by atoms with E-state index in [1.807, 2.05) is 44.1 Å². The van der Waals surface area contributed by atoms with Crippen LogP contribution in [0.4, 0.5) is 4.39 Å². The molecule has 0 N–H and O–H groups in total. The molecule has 1 amide bonds. The van der Waals surface area contributed by atoms with Crippen LogP contribution < -0.4 is 0 Å². The van der Waals surface area contributed by atoms with Crippen molar-refractivity contribution in [3.05, 3.63) is 65.2 Å². The van der Waals surface area contributed by atoms with Crippen molar-refractivity contribution >= 4 is 5.91 Å². The van der Waals surface area contributed by atoms with Crippen LogP contribution >= 0.6 is 0 Å². The molecule has 0 aliphatic carbocycles. The Morgan fingerprint density at radius 3 is 2.61 bits per heavy atom. The van der Waals surface area contributed by atoms with Crippen molar-refractivity contribution in [2.24, 2.45) is 0 Å². The fraction of sp³-hybridized carbons (Fsp3) is 0.333. The molecule has 122 valence electrons. The molecule has 5 heteroatoms. The molecule has 23 heavy (non-hydrogen) atoms. The number of likely N-dealkylation sites (N-methyl/N-ethyl adjacent to an activating group) is 1. The molecule has 2 rings (SSSR count). The molecule has 4 nitrogen and oxygen atoms in total. The van der Waals surface area contributed by atoms with Crippen LogP contribution in [0, 0.1) is 12.7 Å². The molecule has 0 bridgehead atoms. The SMILES string of the molecule is Cc1ccc(F)c(C(=O)N(CCN(C)C)Cc2ccccn2)c1. The summed E-state index contributed by atoms with van der Waals surface area (Å²) in [5.74, 6) is -0.796. The fourth-order valence-corrected chi connectivity index (χ4v) is 2.23. The highest BCUT2D eigenvalue weighted by Gasteiger charge is 2.20. The van der Waals surface area contributed by atoms with Gasteiger partial charge in [-0.1, -0.05) is 17.7 Å². The molecule has 1 aromatic heterocycles. The molecule has 0 spiro atoms. The predicted molar refractivity (Wildman–Crippen MR) is 88.7 cm³/mol. The highest BCUT2D eigenvalue weighted by molar-refractivity contribution is 5.94. The molecule has 0 aliphatic heterocycles. The van der Waals surface area contributed by atoms with Gasteiger partial charge in [-0.2, -0.15) is 0 Å². The largest absolute Gasteiger partial charge is 0.331 e. The zero-order chi connectivity index (χ0) is 16.8. The number of nitrogens with zero attached hydrogens (tertiary/aromatic N) is 3. The van der Waals surface area contributed by atoms with Gasteiger partial charge in [0.25, 0.3) is 5.91 Å². The van der Waals surface area contributed by atoms with E-state index in [0.29, 0.717) is 19.6 Å². The number of amides is 1. The lowest BCUT2D eigenvalue weighted by molar-refractivity contribution is 0.0725. The number of carbonyl (C=O) groups excluding carboxylic acids is 1. The number of halogens is 1. The third-order valence-electron chi connectivity index (χ3n) is 3.54. The minimum absolute atomic E-state index is 0.111. The number of benzene rings is 1. The third-order valence-corrected chi connectivity index (χ3v) is 3.54. The Kier molecular flexibility index (Phi) is 5.82. The maximum atomic E-state index is 14.0. The minimum atomic E-state index is -0.489. The van der Waals surface area contributed by atoms with Crippen molar-refractivity contribution in [2.45, 2.75) is 13.5 Å². The van der Waals surface area contributed by atoms with Crippen molar-refractivity contribution in [3.8, 4) is 0 Å². The first kappa shape index (κ1) is 17.1. The molecule has 2 aromatic rings. The van der Waals surface area contributed by atoms with Gasteiger partial charge in [-0.25, -0.2) is 4.39 Å².